The Kier molecular flexibility index (Phi) is 2.59. The Labute approximate surface area is 83.9 Å². The van der Waals surface area contributed by atoms with E-state index < -0.39 is 0 Å². The Bertz CT molecular complexity index is 319. The van der Waals surface area contributed by atoms with Gasteiger partial charge < -0.3 is 16.2 Å². The number of aromatic hydroxyl groups is 1. The number of phenolic OH excluding ortho intramolecular Hbond substituents is 1. The van der Waals surface area contributed by atoms with E-state index in [9.17, 15) is 5.11 Å². The molecule has 0 bridgehead atoms. The number of anilines is 1. The number of benzene rings is 1. The summed E-state index contributed by atoms with van der Waals surface area (Å²) in [5, 5.41) is 12.5. The van der Waals surface area contributed by atoms with E-state index in [1.54, 1.807) is 12.1 Å². The number of nitrogen functional groups attached to an aromatic ring is 1. The summed E-state index contributed by atoms with van der Waals surface area (Å²) >= 11 is 0. The van der Waals surface area contributed by atoms with E-state index in [0.717, 1.165) is 25.1 Å². The van der Waals surface area contributed by atoms with Crippen LogP contribution in [0.2, 0.25) is 0 Å². The molecule has 1 unspecified atom stereocenters. The molecule has 3 nitrogen and oxygen atoms in total. The van der Waals surface area contributed by atoms with Gasteiger partial charge in [-0.05, 0) is 43.5 Å². The van der Waals surface area contributed by atoms with E-state index in [2.05, 4.69) is 5.32 Å². The van der Waals surface area contributed by atoms with Gasteiger partial charge in [0, 0.05) is 11.8 Å². The van der Waals surface area contributed by atoms with Crippen molar-refractivity contribution < 1.29 is 5.11 Å². The SMILES string of the molecule is Nc1cc(O)ccc1CC1CCNC1. The zero-order valence-corrected chi connectivity index (χ0v) is 8.16. The molecule has 1 aromatic rings. The number of nitrogens with one attached hydrogen (secondary N) is 1. The Morgan fingerprint density at radius 2 is 2.36 bits per heavy atom. The third-order valence-electron chi connectivity index (χ3n) is 2.80. The van der Waals surface area contributed by atoms with Crippen LogP contribution in [0.15, 0.2) is 18.2 Å². The minimum absolute atomic E-state index is 0.246. The van der Waals surface area contributed by atoms with Crippen molar-refractivity contribution in [3.63, 3.8) is 0 Å². The average molecular weight is 192 g/mol. The highest BCUT2D eigenvalue weighted by Gasteiger charge is 2.15. The fourth-order valence-electron chi connectivity index (χ4n) is 1.97. The molecule has 0 spiro atoms. The summed E-state index contributed by atoms with van der Waals surface area (Å²) in [6, 6.07) is 5.24. The molecule has 0 saturated carbocycles. The van der Waals surface area contributed by atoms with Gasteiger partial charge in [-0.3, -0.25) is 0 Å². The highest BCUT2D eigenvalue weighted by Crippen LogP contribution is 2.23. The van der Waals surface area contributed by atoms with Gasteiger partial charge in [0.25, 0.3) is 0 Å². The van der Waals surface area contributed by atoms with Crippen LogP contribution in [0.3, 0.4) is 0 Å². The van der Waals surface area contributed by atoms with Crippen molar-refractivity contribution in [1.29, 1.82) is 0 Å². The van der Waals surface area contributed by atoms with Gasteiger partial charge in [-0.2, -0.15) is 0 Å². The molecule has 4 N–H and O–H groups in total. The lowest BCUT2D eigenvalue weighted by Gasteiger charge is -2.10. The maximum atomic E-state index is 9.21. The third kappa shape index (κ3) is 1.99. The lowest BCUT2D eigenvalue weighted by molar-refractivity contribution is 0.475. The lowest BCUT2D eigenvalue weighted by Crippen LogP contribution is -2.11. The smallest absolute Gasteiger partial charge is 0.117 e. The standard InChI is InChI=1S/C11H16N2O/c12-11-6-10(14)2-1-9(11)5-8-3-4-13-7-8/h1-2,6,8,13-14H,3-5,7,12H2. The first-order valence-corrected chi connectivity index (χ1v) is 5.04. The Morgan fingerprint density at radius 1 is 1.50 bits per heavy atom. The van der Waals surface area contributed by atoms with Crippen LogP contribution < -0.4 is 11.1 Å². The van der Waals surface area contributed by atoms with Crippen LogP contribution in [0, 0.1) is 5.92 Å². The van der Waals surface area contributed by atoms with Crippen molar-refractivity contribution in [3.05, 3.63) is 23.8 Å². The van der Waals surface area contributed by atoms with Crippen molar-refractivity contribution >= 4 is 5.69 Å². The fraction of sp³-hybridized carbons (Fsp3) is 0.455. The summed E-state index contributed by atoms with van der Waals surface area (Å²) in [5.74, 6) is 0.942. The predicted octanol–water partition coefficient (Wildman–Crippen LogP) is 1.13. The molecule has 1 fully saturated rings. The maximum Gasteiger partial charge on any atom is 0.117 e. The van der Waals surface area contributed by atoms with Gasteiger partial charge in [0.05, 0.1) is 0 Å². The maximum absolute atomic E-state index is 9.21. The summed E-state index contributed by atoms with van der Waals surface area (Å²) in [4.78, 5) is 0. The molecular formula is C11H16N2O. The molecule has 1 atom stereocenters. The number of hydrogen-bond donors (Lipinski definition) is 3. The van der Waals surface area contributed by atoms with Crippen molar-refractivity contribution in [3.8, 4) is 5.75 Å². The summed E-state index contributed by atoms with van der Waals surface area (Å²) in [7, 11) is 0. The summed E-state index contributed by atoms with van der Waals surface area (Å²) in [6.45, 7) is 2.20. The van der Waals surface area contributed by atoms with Crippen LogP contribution in [0.5, 0.6) is 5.75 Å². The van der Waals surface area contributed by atoms with Gasteiger partial charge in [0.1, 0.15) is 5.75 Å². The van der Waals surface area contributed by atoms with E-state index in [-0.39, 0.29) is 5.75 Å². The topological polar surface area (TPSA) is 58.3 Å². The Balaban J connectivity index is 2.08. The summed E-state index contributed by atoms with van der Waals surface area (Å²) < 4.78 is 0. The van der Waals surface area contributed by atoms with Gasteiger partial charge in [0.15, 0.2) is 0 Å². The fourth-order valence-corrected chi connectivity index (χ4v) is 1.97. The van der Waals surface area contributed by atoms with E-state index in [4.69, 9.17) is 5.73 Å². The average Bonchev–Trinajstić information content (AvgIpc) is 2.62. The molecule has 76 valence electrons. The van der Waals surface area contributed by atoms with Gasteiger partial charge in [0.2, 0.25) is 0 Å². The molecule has 1 aliphatic heterocycles. The van der Waals surface area contributed by atoms with Crippen LogP contribution in [0.25, 0.3) is 0 Å². The predicted molar refractivity (Wildman–Crippen MR) is 57.2 cm³/mol. The van der Waals surface area contributed by atoms with Gasteiger partial charge in [-0.25, -0.2) is 0 Å². The highest BCUT2D eigenvalue weighted by atomic mass is 16.3. The summed E-state index contributed by atoms with van der Waals surface area (Å²) in [6.07, 6.45) is 2.24. The zero-order valence-electron chi connectivity index (χ0n) is 8.16. The van der Waals surface area contributed by atoms with E-state index in [0.29, 0.717) is 11.6 Å². The first-order valence-electron chi connectivity index (χ1n) is 5.04. The monoisotopic (exact) mass is 192 g/mol. The molecular weight excluding hydrogens is 176 g/mol. The molecule has 0 amide bonds. The van der Waals surface area contributed by atoms with E-state index in [1.165, 1.54) is 6.42 Å². The summed E-state index contributed by atoms with van der Waals surface area (Å²) in [5.41, 5.74) is 7.67. The second-order valence-electron chi connectivity index (χ2n) is 3.95. The van der Waals surface area contributed by atoms with Crippen LogP contribution >= 0.6 is 0 Å². The molecule has 2 rings (SSSR count). The van der Waals surface area contributed by atoms with Crippen molar-refractivity contribution in [1.82, 2.24) is 5.32 Å². The molecule has 0 aliphatic carbocycles. The van der Waals surface area contributed by atoms with Gasteiger partial charge in [-0.15, -0.1) is 0 Å². The number of nitrogens with two attached hydrogens (primary N) is 1. The molecule has 1 aromatic carbocycles. The minimum Gasteiger partial charge on any atom is -0.508 e. The first-order chi connectivity index (χ1) is 6.75. The van der Waals surface area contributed by atoms with Crippen LogP contribution in [0.4, 0.5) is 5.69 Å². The zero-order chi connectivity index (χ0) is 9.97. The van der Waals surface area contributed by atoms with Crippen LogP contribution in [-0.2, 0) is 6.42 Å². The molecule has 0 radical (unpaired) electrons. The van der Waals surface area contributed by atoms with E-state index >= 15 is 0 Å². The first kappa shape index (κ1) is 9.34. The van der Waals surface area contributed by atoms with Crippen LogP contribution in [0.1, 0.15) is 12.0 Å². The molecule has 3 heteroatoms. The lowest BCUT2D eigenvalue weighted by atomic mass is 9.97. The number of rotatable bonds is 2. The highest BCUT2D eigenvalue weighted by molar-refractivity contribution is 5.51. The van der Waals surface area contributed by atoms with Gasteiger partial charge >= 0.3 is 0 Å². The van der Waals surface area contributed by atoms with Crippen molar-refractivity contribution in [2.75, 3.05) is 18.8 Å². The van der Waals surface area contributed by atoms with E-state index in [1.807, 2.05) is 6.07 Å². The van der Waals surface area contributed by atoms with Gasteiger partial charge in [-0.1, -0.05) is 6.07 Å². The Hall–Kier alpha value is -1.22. The normalized spacial score (nSPS) is 21.3. The number of hydrogen-bond acceptors (Lipinski definition) is 3. The molecule has 1 heterocycles. The number of phenols is 1. The second-order valence-corrected chi connectivity index (χ2v) is 3.95. The Morgan fingerprint density at radius 3 is 3.00 bits per heavy atom. The second kappa shape index (κ2) is 3.88. The molecule has 14 heavy (non-hydrogen) atoms. The van der Waals surface area contributed by atoms with Crippen molar-refractivity contribution in [2.24, 2.45) is 5.92 Å². The third-order valence-corrected chi connectivity index (χ3v) is 2.80. The minimum atomic E-state index is 0.246. The quantitative estimate of drug-likeness (QED) is 0.615. The molecule has 1 aliphatic rings. The van der Waals surface area contributed by atoms with Crippen LogP contribution in [-0.4, -0.2) is 18.2 Å². The van der Waals surface area contributed by atoms with Crippen molar-refractivity contribution in [2.45, 2.75) is 12.8 Å². The molecule has 0 aromatic heterocycles. The largest absolute Gasteiger partial charge is 0.508 e. The molecule has 1 saturated heterocycles.